The second kappa shape index (κ2) is 5.70. The van der Waals surface area contributed by atoms with Crippen molar-refractivity contribution in [1.29, 1.82) is 0 Å². The van der Waals surface area contributed by atoms with Crippen LogP contribution in [0.2, 0.25) is 5.02 Å². The summed E-state index contributed by atoms with van der Waals surface area (Å²) in [5, 5.41) is 10.1. The molecule has 1 unspecified atom stereocenters. The molecular weight excluding hydrogens is 356 g/mol. The lowest BCUT2D eigenvalue weighted by Crippen LogP contribution is -2.04. The number of phenolic OH excluding ortho intramolecular Hbond substituents is 1. The number of hydrogen-bond acceptors (Lipinski definition) is 3. The van der Waals surface area contributed by atoms with Gasteiger partial charge in [-0.1, -0.05) is 39.7 Å². The molecule has 0 amide bonds. The maximum atomic E-state index is 10.8. The first-order chi connectivity index (χ1) is 10.1. The molecule has 0 aromatic heterocycles. The van der Waals surface area contributed by atoms with Crippen LogP contribution in [0.1, 0.15) is 34.0 Å². The van der Waals surface area contributed by atoms with Crippen LogP contribution >= 0.6 is 27.5 Å². The van der Waals surface area contributed by atoms with Crippen LogP contribution in [-0.2, 0) is 6.42 Å². The molecule has 0 aliphatic heterocycles. The van der Waals surface area contributed by atoms with Crippen molar-refractivity contribution in [2.24, 2.45) is 0 Å². The Balaban J connectivity index is 1.91. The largest absolute Gasteiger partial charge is 0.507 e. The first-order valence-electron chi connectivity index (χ1n) is 6.51. The van der Waals surface area contributed by atoms with Crippen molar-refractivity contribution >= 4 is 33.8 Å². The lowest BCUT2D eigenvalue weighted by molar-refractivity contribution is 0.112. The zero-order valence-corrected chi connectivity index (χ0v) is 13.3. The molecule has 2 aromatic rings. The number of hydrogen-bond donors (Lipinski definition) is 1. The average Bonchev–Trinajstić information content (AvgIpc) is 2.87. The van der Waals surface area contributed by atoms with E-state index in [9.17, 15) is 9.90 Å². The summed E-state index contributed by atoms with van der Waals surface area (Å²) in [6.07, 6.45) is 2.24. The highest BCUT2D eigenvalue weighted by Crippen LogP contribution is 2.41. The lowest BCUT2D eigenvalue weighted by atomic mass is 10.1. The highest BCUT2D eigenvalue weighted by Gasteiger charge is 2.26. The molecule has 108 valence electrons. The highest BCUT2D eigenvalue weighted by atomic mass is 79.9. The van der Waals surface area contributed by atoms with Crippen molar-refractivity contribution in [2.45, 2.75) is 18.9 Å². The smallest absolute Gasteiger partial charge is 0.153 e. The van der Waals surface area contributed by atoms with Gasteiger partial charge in [0.15, 0.2) is 6.29 Å². The van der Waals surface area contributed by atoms with Crippen molar-refractivity contribution in [3.63, 3.8) is 0 Å². The molecule has 2 aromatic carbocycles. The Kier molecular flexibility index (Phi) is 3.91. The van der Waals surface area contributed by atoms with E-state index in [1.165, 1.54) is 17.7 Å². The predicted octanol–water partition coefficient (Wildman–Crippen LogP) is 4.69. The Morgan fingerprint density at radius 2 is 2.19 bits per heavy atom. The minimum Gasteiger partial charge on any atom is -0.507 e. The molecule has 0 radical (unpaired) electrons. The van der Waals surface area contributed by atoms with Gasteiger partial charge in [-0.05, 0) is 36.1 Å². The van der Waals surface area contributed by atoms with Crippen LogP contribution in [0.15, 0.2) is 34.8 Å². The van der Waals surface area contributed by atoms with Crippen LogP contribution in [0.5, 0.6) is 11.5 Å². The van der Waals surface area contributed by atoms with Crippen LogP contribution in [0.3, 0.4) is 0 Å². The van der Waals surface area contributed by atoms with Gasteiger partial charge in [-0.15, -0.1) is 0 Å². The summed E-state index contributed by atoms with van der Waals surface area (Å²) in [5.41, 5.74) is 2.52. The van der Waals surface area contributed by atoms with Gasteiger partial charge >= 0.3 is 0 Å². The summed E-state index contributed by atoms with van der Waals surface area (Å²) in [7, 11) is 0. The van der Waals surface area contributed by atoms with E-state index in [1.54, 1.807) is 0 Å². The summed E-state index contributed by atoms with van der Waals surface area (Å²) in [5.74, 6) is 0.259. The summed E-state index contributed by atoms with van der Waals surface area (Å²) < 4.78 is 7.02. The fourth-order valence-corrected chi connectivity index (χ4v) is 3.39. The quantitative estimate of drug-likeness (QED) is 0.801. The molecule has 1 aliphatic carbocycles. The predicted molar refractivity (Wildman–Crippen MR) is 84.3 cm³/mol. The van der Waals surface area contributed by atoms with Crippen LogP contribution < -0.4 is 4.74 Å². The molecule has 0 saturated carbocycles. The zero-order valence-electron chi connectivity index (χ0n) is 11.0. The summed E-state index contributed by atoms with van der Waals surface area (Å²) in [4.78, 5) is 10.8. The second-order valence-corrected chi connectivity index (χ2v) is 6.17. The number of benzene rings is 2. The van der Waals surface area contributed by atoms with E-state index in [0.717, 1.165) is 22.9 Å². The topological polar surface area (TPSA) is 46.5 Å². The molecule has 1 aliphatic rings. The van der Waals surface area contributed by atoms with Crippen LogP contribution in [0, 0.1) is 0 Å². The molecule has 0 spiro atoms. The molecule has 1 N–H and O–H groups in total. The molecule has 0 heterocycles. The number of rotatable bonds is 3. The van der Waals surface area contributed by atoms with Crippen molar-refractivity contribution in [2.75, 3.05) is 0 Å². The Labute approximate surface area is 135 Å². The zero-order chi connectivity index (χ0) is 15.0. The van der Waals surface area contributed by atoms with Crippen molar-refractivity contribution in [1.82, 2.24) is 0 Å². The van der Waals surface area contributed by atoms with Gasteiger partial charge in [0.1, 0.15) is 17.6 Å². The maximum Gasteiger partial charge on any atom is 0.153 e. The van der Waals surface area contributed by atoms with E-state index in [0.29, 0.717) is 17.1 Å². The normalized spacial score (nSPS) is 16.6. The highest BCUT2D eigenvalue weighted by molar-refractivity contribution is 9.10. The van der Waals surface area contributed by atoms with E-state index in [4.69, 9.17) is 16.3 Å². The van der Waals surface area contributed by atoms with Gasteiger partial charge in [0.2, 0.25) is 0 Å². The molecule has 0 fully saturated rings. The monoisotopic (exact) mass is 366 g/mol. The van der Waals surface area contributed by atoms with Crippen LogP contribution in [-0.4, -0.2) is 11.4 Å². The van der Waals surface area contributed by atoms with Gasteiger partial charge < -0.3 is 9.84 Å². The summed E-state index contributed by atoms with van der Waals surface area (Å²) in [6, 6.07) is 8.82. The van der Waals surface area contributed by atoms with Gasteiger partial charge in [-0.25, -0.2) is 0 Å². The number of aromatic hydroxyl groups is 1. The van der Waals surface area contributed by atoms with E-state index >= 15 is 0 Å². The SMILES string of the molecule is O=Cc1cc(Cl)c(OC2CCc3c(Br)cccc32)cc1O. The van der Waals surface area contributed by atoms with Crippen LogP contribution in [0.4, 0.5) is 0 Å². The van der Waals surface area contributed by atoms with E-state index < -0.39 is 0 Å². The number of carbonyl (C=O) groups is 1. The fourth-order valence-electron chi connectivity index (χ4n) is 2.59. The first-order valence-corrected chi connectivity index (χ1v) is 7.69. The number of carbonyl (C=O) groups excluding carboxylic acids is 1. The number of fused-ring (bicyclic) bond motifs is 1. The average molecular weight is 368 g/mol. The molecule has 21 heavy (non-hydrogen) atoms. The number of ether oxygens (including phenoxy) is 1. The van der Waals surface area contributed by atoms with E-state index in [1.807, 2.05) is 18.2 Å². The third-order valence-electron chi connectivity index (χ3n) is 3.64. The standard InChI is InChI=1S/C16H12BrClO3/c17-12-3-1-2-11-10(12)4-5-15(11)21-16-7-14(20)9(8-19)6-13(16)18/h1-3,6-8,15,20H,4-5H2. The number of halogens is 2. The molecule has 5 heteroatoms. The number of phenols is 1. The third kappa shape index (κ3) is 2.65. The van der Waals surface area contributed by atoms with Gasteiger partial charge in [-0.3, -0.25) is 4.79 Å². The molecule has 3 nitrogen and oxygen atoms in total. The summed E-state index contributed by atoms with van der Waals surface area (Å²) in [6.45, 7) is 0. The molecule has 0 bridgehead atoms. The molecule has 1 atom stereocenters. The minimum absolute atomic E-state index is 0.100. The van der Waals surface area contributed by atoms with E-state index in [-0.39, 0.29) is 17.4 Å². The van der Waals surface area contributed by atoms with Gasteiger partial charge in [0.05, 0.1) is 10.6 Å². The van der Waals surface area contributed by atoms with Crippen LogP contribution in [0.25, 0.3) is 0 Å². The van der Waals surface area contributed by atoms with Gasteiger partial charge in [0, 0.05) is 10.5 Å². The van der Waals surface area contributed by atoms with Gasteiger partial charge in [0.25, 0.3) is 0 Å². The van der Waals surface area contributed by atoms with Crippen molar-refractivity contribution < 1.29 is 14.6 Å². The minimum atomic E-state index is -0.128. The maximum absolute atomic E-state index is 10.8. The fraction of sp³-hybridized carbons (Fsp3) is 0.188. The molecule has 3 rings (SSSR count). The Morgan fingerprint density at radius 1 is 1.38 bits per heavy atom. The van der Waals surface area contributed by atoms with Crippen molar-refractivity contribution in [3.05, 3.63) is 56.5 Å². The number of aldehydes is 1. The van der Waals surface area contributed by atoms with Gasteiger partial charge in [-0.2, -0.15) is 0 Å². The lowest BCUT2D eigenvalue weighted by Gasteiger charge is -2.17. The van der Waals surface area contributed by atoms with E-state index in [2.05, 4.69) is 15.9 Å². The first kappa shape index (κ1) is 14.4. The Morgan fingerprint density at radius 3 is 2.95 bits per heavy atom. The summed E-state index contributed by atoms with van der Waals surface area (Å²) >= 11 is 9.66. The second-order valence-electron chi connectivity index (χ2n) is 4.91. The van der Waals surface area contributed by atoms with Crippen molar-refractivity contribution in [3.8, 4) is 11.5 Å². The third-order valence-corrected chi connectivity index (χ3v) is 4.67. The Bertz CT molecular complexity index is 715. The molecule has 0 saturated heterocycles. The molecular formula is C16H12BrClO3. The Hall–Kier alpha value is -1.52.